The van der Waals surface area contributed by atoms with Crippen molar-refractivity contribution in [2.75, 3.05) is 5.32 Å². The van der Waals surface area contributed by atoms with E-state index in [0.29, 0.717) is 12.2 Å². The Labute approximate surface area is 141 Å². The van der Waals surface area contributed by atoms with Crippen LogP contribution in [-0.4, -0.2) is 36.5 Å². The van der Waals surface area contributed by atoms with E-state index >= 15 is 0 Å². The van der Waals surface area contributed by atoms with Gasteiger partial charge in [-0.15, -0.1) is 0 Å². The zero-order chi connectivity index (χ0) is 18.0. The SMILES string of the molecule is Cn1ncc(C(=O)Nc2cnn(Cc3cccc(F)c3)c2)c1C(=O)O. The lowest BCUT2D eigenvalue weighted by molar-refractivity contribution is 0.0680. The van der Waals surface area contributed by atoms with Gasteiger partial charge in [0.05, 0.1) is 30.2 Å². The number of nitrogens with one attached hydrogen (secondary N) is 1. The number of aromatic nitrogens is 4. The van der Waals surface area contributed by atoms with Crippen molar-refractivity contribution < 1.29 is 19.1 Å². The number of amides is 1. The molecule has 0 spiro atoms. The summed E-state index contributed by atoms with van der Waals surface area (Å²) in [6, 6.07) is 6.12. The van der Waals surface area contributed by atoms with Crippen LogP contribution in [0.5, 0.6) is 0 Å². The van der Waals surface area contributed by atoms with Gasteiger partial charge in [-0.25, -0.2) is 9.18 Å². The fourth-order valence-corrected chi connectivity index (χ4v) is 2.39. The minimum absolute atomic E-state index is 0.0483. The highest BCUT2D eigenvalue weighted by molar-refractivity contribution is 6.09. The van der Waals surface area contributed by atoms with Crippen LogP contribution in [0.15, 0.2) is 42.9 Å². The summed E-state index contributed by atoms with van der Waals surface area (Å²) in [5.41, 5.74) is 0.862. The molecule has 0 aliphatic rings. The summed E-state index contributed by atoms with van der Waals surface area (Å²) in [6.07, 6.45) is 4.18. The Balaban J connectivity index is 1.73. The topological polar surface area (TPSA) is 102 Å². The van der Waals surface area contributed by atoms with Crippen LogP contribution in [-0.2, 0) is 13.6 Å². The van der Waals surface area contributed by atoms with Crippen LogP contribution in [0.3, 0.4) is 0 Å². The average Bonchev–Trinajstić information content (AvgIpc) is 3.13. The number of hydrogen-bond acceptors (Lipinski definition) is 4. The molecule has 3 rings (SSSR count). The van der Waals surface area contributed by atoms with Crippen LogP contribution in [0, 0.1) is 5.82 Å². The number of hydrogen-bond donors (Lipinski definition) is 2. The molecule has 2 aromatic heterocycles. The van der Waals surface area contributed by atoms with Crippen molar-refractivity contribution in [3.05, 3.63) is 65.5 Å². The highest BCUT2D eigenvalue weighted by Crippen LogP contribution is 2.13. The van der Waals surface area contributed by atoms with Crippen LogP contribution in [0.25, 0.3) is 0 Å². The molecule has 2 N–H and O–H groups in total. The number of carboxylic acids is 1. The van der Waals surface area contributed by atoms with Gasteiger partial charge in [-0.1, -0.05) is 12.1 Å². The third-order valence-electron chi connectivity index (χ3n) is 3.51. The molecule has 0 aliphatic carbocycles. The lowest BCUT2D eigenvalue weighted by atomic mass is 10.2. The number of benzene rings is 1. The van der Waals surface area contributed by atoms with Crippen molar-refractivity contribution in [2.24, 2.45) is 7.05 Å². The van der Waals surface area contributed by atoms with Gasteiger partial charge in [0.15, 0.2) is 5.69 Å². The van der Waals surface area contributed by atoms with Gasteiger partial charge in [-0.2, -0.15) is 10.2 Å². The Morgan fingerprint density at radius 1 is 1.28 bits per heavy atom. The molecular weight excluding hydrogens is 329 g/mol. The highest BCUT2D eigenvalue weighted by Gasteiger charge is 2.21. The minimum Gasteiger partial charge on any atom is -0.477 e. The predicted octanol–water partition coefficient (Wildman–Crippen LogP) is 1.75. The second kappa shape index (κ2) is 6.56. The molecule has 0 unspecified atom stereocenters. The van der Waals surface area contributed by atoms with Gasteiger partial charge in [0.25, 0.3) is 5.91 Å². The Kier molecular flexibility index (Phi) is 4.29. The number of carbonyl (C=O) groups excluding carboxylic acids is 1. The first-order valence-corrected chi connectivity index (χ1v) is 7.27. The summed E-state index contributed by atoms with van der Waals surface area (Å²) in [5.74, 6) is -2.18. The van der Waals surface area contributed by atoms with E-state index in [1.54, 1.807) is 18.3 Å². The number of anilines is 1. The predicted molar refractivity (Wildman–Crippen MR) is 85.8 cm³/mol. The van der Waals surface area contributed by atoms with E-state index in [-0.39, 0.29) is 17.1 Å². The fourth-order valence-electron chi connectivity index (χ4n) is 2.39. The van der Waals surface area contributed by atoms with E-state index in [1.807, 2.05) is 0 Å². The van der Waals surface area contributed by atoms with Crippen molar-refractivity contribution in [2.45, 2.75) is 6.54 Å². The van der Waals surface area contributed by atoms with Crippen molar-refractivity contribution in [3.63, 3.8) is 0 Å². The summed E-state index contributed by atoms with van der Waals surface area (Å²) in [7, 11) is 1.44. The van der Waals surface area contributed by atoms with Crippen LogP contribution in [0.1, 0.15) is 26.4 Å². The molecule has 0 atom stereocenters. The molecule has 9 heteroatoms. The molecule has 0 radical (unpaired) electrons. The first-order valence-electron chi connectivity index (χ1n) is 7.27. The molecule has 128 valence electrons. The molecule has 25 heavy (non-hydrogen) atoms. The first kappa shape index (κ1) is 16.4. The van der Waals surface area contributed by atoms with E-state index in [2.05, 4.69) is 15.5 Å². The minimum atomic E-state index is -1.24. The Bertz CT molecular complexity index is 947. The number of carbonyl (C=O) groups is 2. The Hall–Kier alpha value is -3.49. The quantitative estimate of drug-likeness (QED) is 0.735. The molecule has 0 aliphatic heterocycles. The van der Waals surface area contributed by atoms with Gasteiger partial charge in [-0.05, 0) is 17.7 Å². The first-order chi connectivity index (χ1) is 11.9. The van der Waals surface area contributed by atoms with E-state index in [1.165, 1.54) is 36.3 Å². The molecule has 8 nitrogen and oxygen atoms in total. The Morgan fingerprint density at radius 3 is 2.80 bits per heavy atom. The summed E-state index contributed by atoms with van der Waals surface area (Å²) < 4.78 is 15.8. The third kappa shape index (κ3) is 3.55. The number of nitrogens with zero attached hydrogens (tertiary/aromatic N) is 4. The zero-order valence-corrected chi connectivity index (χ0v) is 13.2. The van der Waals surface area contributed by atoms with Crippen molar-refractivity contribution >= 4 is 17.6 Å². The number of aryl methyl sites for hydroxylation is 1. The summed E-state index contributed by atoms with van der Waals surface area (Å²) in [5, 5.41) is 19.6. The number of halogens is 1. The number of aromatic carboxylic acids is 1. The summed E-state index contributed by atoms with van der Waals surface area (Å²) in [4.78, 5) is 23.5. The normalized spacial score (nSPS) is 10.6. The van der Waals surface area contributed by atoms with Gasteiger partial charge < -0.3 is 10.4 Å². The summed E-state index contributed by atoms with van der Waals surface area (Å²) in [6.45, 7) is 0.334. The molecule has 2 heterocycles. The van der Waals surface area contributed by atoms with E-state index in [9.17, 15) is 14.0 Å². The van der Waals surface area contributed by atoms with E-state index < -0.39 is 11.9 Å². The molecular formula is C16H14FN5O3. The molecule has 3 aromatic rings. The van der Waals surface area contributed by atoms with Crippen LogP contribution >= 0.6 is 0 Å². The van der Waals surface area contributed by atoms with Gasteiger partial charge in [-0.3, -0.25) is 14.2 Å². The smallest absolute Gasteiger partial charge is 0.354 e. The monoisotopic (exact) mass is 343 g/mol. The van der Waals surface area contributed by atoms with Crippen molar-refractivity contribution in [3.8, 4) is 0 Å². The standard InChI is InChI=1S/C16H14FN5O3/c1-21-14(16(24)25)13(7-18-21)15(23)20-12-6-19-22(9-12)8-10-3-2-4-11(17)5-10/h2-7,9H,8H2,1H3,(H,20,23)(H,24,25). The summed E-state index contributed by atoms with van der Waals surface area (Å²) >= 11 is 0. The molecule has 0 saturated carbocycles. The maximum Gasteiger partial charge on any atom is 0.354 e. The lowest BCUT2D eigenvalue weighted by Gasteiger charge is -2.03. The van der Waals surface area contributed by atoms with Crippen LogP contribution in [0.4, 0.5) is 10.1 Å². The maximum absolute atomic E-state index is 13.2. The molecule has 0 fully saturated rings. The van der Waals surface area contributed by atoms with E-state index in [0.717, 1.165) is 10.2 Å². The molecule has 0 saturated heterocycles. The lowest BCUT2D eigenvalue weighted by Crippen LogP contribution is -2.16. The maximum atomic E-state index is 13.2. The van der Waals surface area contributed by atoms with Gasteiger partial charge in [0, 0.05) is 13.2 Å². The van der Waals surface area contributed by atoms with Crippen LogP contribution in [0.2, 0.25) is 0 Å². The Morgan fingerprint density at radius 2 is 2.08 bits per heavy atom. The van der Waals surface area contributed by atoms with Gasteiger partial charge >= 0.3 is 5.97 Å². The molecule has 1 aromatic carbocycles. The second-order valence-corrected chi connectivity index (χ2v) is 5.35. The third-order valence-corrected chi connectivity index (χ3v) is 3.51. The van der Waals surface area contributed by atoms with Crippen molar-refractivity contribution in [1.82, 2.24) is 19.6 Å². The largest absolute Gasteiger partial charge is 0.477 e. The second-order valence-electron chi connectivity index (χ2n) is 5.35. The molecule has 0 bridgehead atoms. The van der Waals surface area contributed by atoms with Gasteiger partial charge in [0.2, 0.25) is 0 Å². The van der Waals surface area contributed by atoms with Crippen LogP contribution < -0.4 is 5.32 Å². The fraction of sp³-hybridized carbons (Fsp3) is 0.125. The number of rotatable bonds is 5. The zero-order valence-electron chi connectivity index (χ0n) is 13.2. The van der Waals surface area contributed by atoms with E-state index in [4.69, 9.17) is 5.11 Å². The number of carboxylic acid groups (broad SMARTS) is 1. The van der Waals surface area contributed by atoms with Gasteiger partial charge in [0.1, 0.15) is 5.82 Å². The van der Waals surface area contributed by atoms with Crippen molar-refractivity contribution in [1.29, 1.82) is 0 Å². The highest BCUT2D eigenvalue weighted by atomic mass is 19.1. The molecule has 1 amide bonds. The average molecular weight is 343 g/mol.